The molecule has 1 atom stereocenters. The van der Waals surface area contributed by atoms with E-state index in [0.29, 0.717) is 0 Å². The summed E-state index contributed by atoms with van der Waals surface area (Å²) >= 11 is 3.48. The van der Waals surface area contributed by atoms with Crippen molar-refractivity contribution >= 4 is 15.9 Å². The number of nitrogens with one attached hydrogen (secondary N) is 1. The second kappa shape index (κ2) is 9.31. The Morgan fingerprint density at radius 2 is 2.16 bits per heavy atom. The van der Waals surface area contributed by atoms with Crippen molar-refractivity contribution in [2.45, 2.75) is 26.0 Å². The monoisotopic (exact) mass is 331 g/mol. The van der Waals surface area contributed by atoms with Crippen LogP contribution < -0.4 is 10.1 Å². The van der Waals surface area contributed by atoms with Crippen molar-refractivity contribution in [3.63, 3.8) is 0 Å². The third kappa shape index (κ3) is 6.38. The number of methoxy groups -OCH3 is 1. The molecule has 0 bridgehead atoms. The average molecular weight is 332 g/mol. The lowest BCUT2D eigenvalue weighted by atomic mass is 10.2. The molecule has 4 nitrogen and oxygen atoms in total. The van der Waals surface area contributed by atoms with Crippen LogP contribution in [0.15, 0.2) is 22.7 Å². The number of benzene rings is 1. The van der Waals surface area contributed by atoms with E-state index in [9.17, 15) is 5.11 Å². The predicted molar refractivity (Wildman–Crippen MR) is 79.5 cm³/mol. The van der Waals surface area contributed by atoms with Crippen LogP contribution in [0.1, 0.15) is 18.9 Å². The largest absolute Gasteiger partial charge is 0.490 e. The zero-order valence-corrected chi connectivity index (χ0v) is 13.1. The Kier molecular flexibility index (Phi) is 8.05. The standard InChI is InChI=1S/C14H22BrNO3/c1-3-6-16-8-11-4-5-14(13(15)7-11)19-10-12(17)9-18-2/h4-5,7,12,16-17H,3,6,8-10H2,1-2H3. The molecule has 0 aliphatic heterocycles. The summed E-state index contributed by atoms with van der Waals surface area (Å²) in [5.74, 6) is 0.731. The molecular formula is C14H22BrNO3. The van der Waals surface area contributed by atoms with Gasteiger partial charge in [0.2, 0.25) is 0 Å². The predicted octanol–water partition coefficient (Wildman–Crippen LogP) is 2.33. The first kappa shape index (κ1) is 16.4. The van der Waals surface area contributed by atoms with E-state index >= 15 is 0 Å². The summed E-state index contributed by atoms with van der Waals surface area (Å²) in [6.45, 7) is 4.50. The molecule has 0 spiro atoms. The molecule has 1 aromatic carbocycles. The molecule has 0 saturated carbocycles. The van der Waals surface area contributed by atoms with E-state index in [0.717, 1.165) is 29.7 Å². The summed E-state index contributed by atoms with van der Waals surface area (Å²) in [6.07, 6.45) is 0.516. The Labute approximate surface area is 123 Å². The van der Waals surface area contributed by atoms with Crippen LogP contribution in [0.25, 0.3) is 0 Å². The van der Waals surface area contributed by atoms with Crippen molar-refractivity contribution in [2.75, 3.05) is 26.9 Å². The first-order chi connectivity index (χ1) is 9.17. The highest BCUT2D eigenvalue weighted by Gasteiger charge is 2.07. The van der Waals surface area contributed by atoms with Crippen LogP contribution in [0.2, 0.25) is 0 Å². The summed E-state index contributed by atoms with van der Waals surface area (Å²) in [7, 11) is 1.55. The number of ether oxygens (including phenoxy) is 2. The van der Waals surface area contributed by atoms with Gasteiger partial charge in [0.25, 0.3) is 0 Å². The zero-order chi connectivity index (χ0) is 14.1. The van der Waals surface area contributed by atoms with Gasteiger partial charge in [0.15, 0.2) is 0 Å². The van der Waals surface area contributed by atoms with Crippen LogP contribution in [-0.4, -0.2) is 38.1 Å². The number of aliphatic hydroxyl groups excluding tert-OH is 1. The molecular weight excluding hydrogens is 310 g/mol. The van der Waals surface area contributed by atoms with Gasteiger partial charge in [-0.25, -0.2) is 0 Å². The fourth-order valence-electron chi connectivity index (χ4n) is 1.61. The molecule has 1 unspecified atom stereocenters. The van der Waals surface area contributed by atoms with Crippen LogP contribution in [0, 0.1) is 0 Å². The highest BCUT2D eigenvalue weighted by molar-refractivity contribution is 9.10. The van der Waals surface area contributed by atoms with E-state index in [-0.39, 0.29) is 13.2 Å². The van der Waals surface area contributed by atoms with Crippen LogP contribution in [0.4, 0.5) is 0 Å². The van der Waals surface area contributed by atoms with E-state index in [1.807, 2.05) is 18.2 Å². The van der Waals surface area contributed by atoms with Gasteiger partial charge in [0.1, 0.15) is 18.5 Å². The van der Waals surface area contributed by atoms with Crippen LogP contribution >= 0.6 is 15.9 Å². The number of halogens is 1. The topological polar surface area (TPSA) is 50.7 Å². The van der Waals surface area contributed by atoms with Gasteiger partial charge in [-0.2, -0.15) is 0 Å². The van der Waals surface area contributed by atoms with Crippen molar-refractivity contribution in [1.29, 1.82) is 0 Å². The maximum absolute atomic E-state index is 9.52. The molecule has 0 aliphatic rings. The molecule has 0 radical (unpaired) electrons. The third-order valence-corrected chi connectivity index (χ3v) is 3.16. The molecule has 2 N–H and O–H groups in total. The van der Waals surface area contributed by atoms with E-state index in [4.69, 9.17) is 9.47 Å². The summed E-state index contributed by atoms with van der Waals surface area (Å²) < 4.78 is 11.3. The highest BCUT2D eigenvalue weighted by Crippen LogP contribution is 2.26. The van der Waals surface area contributed by atoms with Crippen molar-refractivity contribution in [3.8, 4) is 5.75 Å². The Hall–Kier alpha value is -0.620. The molecule has 0 fully saturated rings. The average Bonchev–Trinajstić information content (AvgIpc) is 2.38. The molecule has 0 aromatic heterocycles. The molecule has 0 amide bonds. The lowest BCUT2D eigenvalue weighted by Gasteiger charge is -2.13. The lowest BCUT2D eigenvalue weighted by molar-refractivity contribution is 0.0323. The molecule has 0 saturated heterocycles. The Balaban J connectivity index is 2.47. The highest BCUT2D eigenvalue weighted by atomic mass is 79.9. The van der Waals surface area contributed by atoms with Crippen LogP contribution in [0.3, 0.4) is 0 Å². The Morgan fingerprint density at radius 1 is 1.37 bits per heavy atom. The number of aliphatic hydroxyl groups is 1. The number of hydrogen-bond acceptors (Lipinski definition) is 4. The lowest BCUT2D eigenvalue weighted by Crippen LogP contribution is -2.22. The fraction of sp³-hybridized carbons (Fsp3) is 0.571. The molecule has 0 heterocycles. The van der Waals surface area contributed by atoms with Gasteiger partial charge >= 0.3 is 0 Å². The minimum Gasteiger partial charge on any atom is -0.490 e. The number of hydrogen-bond donors (Lipinski definition) is 2. The maximum atomic E-state index is 9.52. The summed E-state index contributed by atoms with van der Waals surface area (Å²) in [5, 5.41) is 12.9. The third-order valence-electron chi connectivity index (χ3n) is 2.54. The van der Waals surface area contributed by atoms with Crippen LogP contribution in [0.5, 0.6) is 5.75 Å². The SMILES string of the molecule is CCCNCc1ccc(OCC(O)COC)c(Br)c1. The molecule has 0 aliphatic carbocycles. The van der Waals surface area contributed by atoms with Crippen molar-refractivity contribution in [3.05, 3.63) is 28.2 Å². The minimum atomic E-state index is -0.609. The normalized spacial score (nSPS) is 12.4. The fourth-order valence-corrected chi connectivity index (χ4v) is 2.15. The molecule has 1 rings (SSSR count). The molecule has 108 valence electrons. The van der Waals surface area contributed by atoms with Gasteiger partial charge in [0, 0.05) is 13.7 Å². The van der Waals surface area contributed by atoms with Gasteiger partial charge in [-0.15, -0.1) is 0 Å². The minimum absolute atomic E-state index is 0.222. The van der Waals surface area contributed by atoms with Crippen molar-refractivity contribution in [1.82, 2.24) is 5.32 Å². The smallest absolute Gasteiger partial charge is 0.133 e. The summed E-state index contributed by atoms with van der Waals surface area (Å²) in [4.78, 5) is 0. The second-order valence-corrected chi connectivity index (χ2v) is 5.22. The number of rotatable bonds is 9. The van der Waals surface area contributed by atoms with Gasteiger partial charge < -0.3 is 19.9 Å². The van der Waals surface area contributed by atoms with Crippen molar-refractivity contribution < 1.29 is 14.6 Å². The second-order valence-electron chi connectivity index (χ2n) is 4.36. The van der Waals surface area contributed by atoms with E-state index in [1.165, 1.54) is 5.56 Å². The molecule has 19 heavy (non-hydrogen) atoms. The van der Waals surface area contributed by atoms with Gasteiger partial charge in [-0.05, 0) is 46.6 Å². The quantitative estimate of drug-likeness (QED) is 0.682. The van der Waals surface area contributed by atoms with E-state index < -0.39 is 6.10 Å². The summed E-state index contributed by atoms with van der Waals surface area (Å²) in [6, 6.07) is 5.96. The maximum Gasteiger partial charge on any atom is 0.133 e. The Bertz CT molecular complexity index is 374. The first-order valence-corrected chi connectivity index (χ1v) is 7.25. The van der Waals surface area contributed by atoms with E-state index in [2.05, 4.69) is 28.2 Å². The first-order valence-electron chi connectivity index (χ1n) is 6.46. The van der Waals surface area contributed by atoms with Crippen LogP contribution in [-0.2, 0) is 11.3 Å². The van der Waals surface area contributed by atoms with Gasteiger partial charge in [0.05, 0.1) is 11.1 Å². The van der Waals surface area contributed by atoms with E-state index in [1.54, 1.807) is 7.11 Å². The zero-order valence-electron chi connectivity index (χ0n) is 11.5. The van der Waals surface area contributed by atoms with Gasteiger partial charge in [-0.3, -0.25) is 0 Å². The van der Waals surface area contributed by atoms with Gasteiger partial charge in [-0.1, -0.05) is 13.0 Å². The molecule has 1 aromatic rings. The Morgan fingerprint density at radius 3 is 2.79 bits per heavy atom. The summed E-state index contributed by atoms with van der Waals surface area (Å²) in [5.41, 5.74) is 1.20. The van der Waals surface area contributed by atoms with Crippen molar-refractivity contribution in [2.24, 2.45) is 0 Å². The molecule has 5 heteroatoms.